The topological polar surface area (TPSA) is 102 Å². The molecule has 2 aliphatic rings. The van der Waals surface area contributed by atoms with Crippen LogP contribution in [-0.2, 0) is 19.2 Å². The molecule has 0 aromatic rings. The van der Waals surface area contributed by atoms with Crippen molar-refractivity contribution in [3.05, 3.63) is 11.6 Å². The zero-order chi connectivity index (χ0) is 32.6. The van der Waals surface area contributed by atoms with Crippen LogP contribution in [0.1, 0.15) is 114 Å². The van der Waals surface area contributed by atoms with Gasteiger partial charge in [0.2, 0.25) is 23.6 Å². The average molecular weight is 604 g/mol. The second-order valence-electron chi connectivity index (χ2n) is 14.4. The van der Waals surface area contributed by atoms with Crippen molar-refractivity contribution >= 4 is 23.6 Å². The normalized spacial score (nSPS) is 21.7. The van der Waals surface area contributed by atoms with Crippen molar-refractivity contribution in [1.29, 1.82) is 0 Å². The number of carbonyl (C=O) groups excluding carboxylic acids is 4. The Morgan fingerprint density at radius 3 is 2.00 bits per heavy atom. The molecule has 2 N–H and O–H groups in total. The SMILES string of the molecule is CCC(CC)NC(=O)[C@@H]1CCCN1C(=O)/C(C)=C/[C@H](C(C)C)N(C)C(=O)[C@@H](NC(=O)[C@H]1CCCCN1C(C)C)C(C)(C)C. The van der Waals surface area contributed by atoms with E-state index in [0.717, 1.165) is 45.1 Å². The Labute approximate surface area is 261 Å². The Morgan fingerprint density at radius 2 is 1.47 bits per heavy atom. The predicted molar refractivity (Wildman–Crippen MR) is 173 cm³/mol. The van der Waals surface area contributed by atoms with Gasteiger partial charge in [-0.2, -0.15) is 0 Å². The van der Waals surface area contributed by atoms with E-state index >= 15 is 0 Å². The van der Waals surface area contributed by atoms with E-state index in [1.807, 2.05) is 40.7 Å². The summed E-state index contributed by atoms with van der Waals surface area (Å²) < 4.78 is 0. The lowest BCUT2D eigenvalue weighted by atomic mass is 9.84. The fraction of sp³-hybridized carbons (Fsp3) is 0.824. The van der Waals surface area contributed by atoms with E-state index in [-0.39, 0.29) is 53.7 Å². The molecule has 4 atom stereocenters. The van der Waals surface area contributed by atoms with E-state index in [1.165, 1.54) is 0 Å². The summed E-state index contributed by atoms with van der Waals surface area (Å²) >= 11 is 0. The van der Waals surface area contributed by atoms with Crippen LogP contribution in [-0.4, -0.2) is 94.7 Å². The number of amides is 4. The lowest BCUT2D eigenvalue weighted by molar-refractivity contribution is -0.142. The smallest absolute Gasteiger partial charge is 0.249 e. The minimum absolute atomic E-state index is 0.0235. The number of rotatable bonds is 12. The summed E-state index contributed by atoms with van der Waals surface area (Å²) in [5.74, 6) is -0.495. The van der Waals surface area contributed by atoms with Gasteiger partial charge in [0.15, 0.2) is 0 Å². The molecule has 2 aliphatic heterocycles. The molecule has 2 saturated heterocycles. The quantitative estimate of drug-likeness (QED) is 0.320. The standard InChI is InChI=1S/C34H61N5O4/c1-12-25(13-2)35-30(40)27-18-16-20-39(27)32(42)24(7)21-28(22(3)4)37(11)33(43)29(34(8,9)10)36-31(41)26-17-14-15-19-38(26)23(5)6/h21-23,25-29H,12-20H2,1-11H3,(H,35,40)(H,36,41)/b24-21+/t26-,27+,28-,29-/m1/s1. The fourth-order valence-corrected chi connectivity index (χ4v) is 6.47. The van der Waals surface area contributed by atoms with Gasteiger partial charge in [0.1, 0.15) is 12.1 Å². The number of carbonyl (C=O) groups is 4. The highest BCUT2D eigenvalue weighted by atomic mass is 16.2. The van der Waals surface area contributed by atoms with E-state index < -0.39 is 17.5 Å². The van der Waals surface area contributed by atoms with Gasteiger partial charge in [0, 0.05) is 31.2 Å². The molecule has 9 heteroatoms. The Balaban J connectivity index is 2.26. The summed E-state index contributed by atoms with van der Waals surface area (Å²) in [4.78, 5) is 60.0. The monoisotopic (exact) mass is 603 g/mol. The predicted octanol–water partition coefficient (Wildman–Crippen LogP) is 4.51. The Bertz CT molecular complexity index is 997. The van der Waals surface area contributed by atoms with Crippen molar-refractivity contribution in [2.45, 2.75) is 150 Å². The van der Waals surface area contributed by atoms with Crippen LogP contribution in [0.3, 0.4) is 0 Å². The summed E-state index contributed by atoms with van der Waals surface area (Å²) in [6, 6.07) is -1.44. The Hall–Kier alpha value is -2.42. The second kappa shape index (κ2) is 16.1. The zero-order valence-electron chi connectivity index (χ0n) is 29.0. The molecule has 0 saturated carbocycles. The Morgan fingerprint density at radius 1 is 0.884 bits per heavy atom. The summed E-state index contributed by atoms with van der Waals surface area (Å²) in [7, 11) is 1.76. The summed E-state index contributed by atoms with van der Waals surface area (Å²) in [5.41, 5.74) is 0.00563. The lowest BCUT2D eigenvalue weighted by Gasteiger charge is -2.41. The van der Waals surface area contributed by atoms with Crippen LogP contribution >= 0.6 is 0 Å². The minimum atomic E-state index is -0.719. The van der Waals surface area contributed by atoms with E-state index in [0.29, 0.717) is 18.5 Å². The van der Waals surface area contributed by atoms with Crippen molar-refractivity contribution in [2.75, 3.05) is 20.1 Å². The summed E-state index contributed by atoms with van der Waals surface area (Å²) in [6.07, 6.45) is 7.87. The molecule has 0 aliphatic carbocycles. The van der Waals surface area contributed by atoms with Gasteiger partial charge in [0.05, 0.1) is 12.1 Å². The largest absolute Gasteiger partial charge is 0.352 e. The molecular formula is C34H61N5O4. The van der Waals surface area contributed by atoms with E-state index in [2.05, 4.69) is 43.2 Å². The van der Waals surface area contributed by atoms with Gasteiger partial charge in [-0.05, 0) is 77.2 Å². The van der Waals surface area contributed by atoms with Crippen molar-refractivity contribution in [1.82, 2.24) is 25.3 Å². The highest BCUT2D eigenvalue weighted by molar-refractivity contribution is 5.97. The van der Waals surface area contributed by atoms with Gasteiger partial charge >= 0.3 is 0 Å². The van der Waals surface area contributed by atoms with Gasteiger partial charge < -0.3 is 20.4 Å². The minimum Gasteiger partial charge on any atom is -0.352 e. The number of nitrogens with one attached hydrogen (secondary N) is 2. The summed E-state index contributed by atoms with van der Waals surface area (Å²) in [6.45, 7) is 21.5. The molecule has 4 amide bonds. The van der Waals surface area contributed by atoms with Crippen LogP contribution in [0.4, 0.5) is 0 Å². The van der Waals surface area contributed by atoms with E-state index in [4.69, 9.17) is 0 Å². The van der Waals surface area contributed by atoms with Gasteiger partial charge in [0.25, 0.3) is 0 Å². The number of piperidine rings is 1. The molecule has 43 heavy (non-hydrogen) atoms. The van der Waals surface area contributed by atoms with Gasteiger partial charge in [-0.15, -0.1) is 0 Å². The maximum Gasteiger partial charge on any atom is 0.249 e. The molecule has 2 heterocycles. The van der Waals surface area contributed by atoms with Crippen LogP contribution < -0.4 is 10.6 Å². The molecule has 2 rings (SSSR count). The van der Waals surface area contributed by atoms with Crippen molar-refractivity contribution in [3.8, 4) is 0 Å². The molecule has 2 fully saturated rings. The maximum atomic E-state index is 14.1. The number of hydrogen-bond donors (Lipinski definition) is 2. The molecule has 0 bridgehead atoms. The van der Waals surface area contributed by atoms with E-state index in [1.54, 1.807) is 23.8 Å². The first-order chi connectivity index (χ1) is 20.0. The second-order valence-corrected chi connectivity index (χ2v) is 14.4. The molecular weight excluding hydrogens is 542 g/mol. The number of likely N-dealkylation sites (tertiary alicyclic amines) is 2. The van der Waals surface area contributed by atoms with Crippen molar-refractivity contribution in [2.24, 2.45) is 11.3 Å². The highest BCUT2D eigenvalue weighted by Gasteiger charge is 2.40. The zero-order valence-corrected chi connectivity index (χ0v) is 29.0. The van der Waals surface area contributed by atoms with Gasteiger partial charge in [-0.3, -0.25) is 24.1 Å². The van der Waals surface area contributed by atoms with Crippen LogP contribution in [0.15, 0.2) is 11.6 Å². The third-order valence-corrected chi connectivity index (χ3v) is 9.29. The Kier molecular flexibility index (Phi) is 13.7. The van der Waals surface area contributed by atoms with Gasteiger partial charge in [-0.1, -0.05) is 61.0 Å². The first-order valence-corrected chi connectivity index (χ1v) is 16.7. The molecule has 0 spiro atoms. The van der Waals surface area contributed by atoms with Crippen LogP contribution in [0, 0.1) is 11.3 Å². The molecule has 9 nitrogen and oxygen atoms in total. The third kappa shape index (κ3) is 9.53. The van der Waals surface area contributed by atoms with Crippen LogP contribution in [0.25, 0.3) is 0 Å². The van der Waals surface area contributed by atoms with Crippen LogP contribution in [0.5, 0.6) is 0 Å². The highest BCUT2D eigenvalue weighted by Crippen LogP contribution is 2.27. The number of nitrogens with zero attached hydrogens (tertiary/aromatic N) is 3. The molecule has 0 aromatic carbocycles. The number of hydrogen-bond acceptors (Lipinski definition) is 5. The maximum absolute atomic E-state index is 14.1. The van der Waals surface area contributed by atoms with Crippen molar-refractivity contribution < 1.29 is 19.2 Å². The molecule has 246 valence electrons. The fourth-order valence-electron chi connectivity index (χ4n) is 6.47. The van der Waals surface area contributed by atoms with Crippen LogP contribution in [0.2, 0.25) is 0 Å². The van der Waals surface area contributed by atoms with E-state index in [9.17, 15) is 19.2 Å². The first kappa shape index (κ1) is 36.8. The third-order valence-electron chi connectivity index (χ3n) is 9.29. The first-order valence-electron chi connectivity index (χ1n) is 16.7. The molecule has 0 radical (unpaired) electrons. The van der Waals surface area contributed by atoms with Crippen molar-refractivity contribution in [3.63, 3.8) is 0 Å². The molecule has 0 aromatic heterocycles. The number of likely N-dealkylation sites (N-methyl/N-ethyl adjacent to an activating group) is 1. The lowest BCUT2D eigenvalue weighted by Crippen LogP contribution is -2.60. The molecule has 0 unspecified atom stereocenters. The summed E-state index contributed by atoms with van der Waals surface area (Å²) in [5, 5.41) is 6.24. The van der Waals surface area contributed by atoms with Gasteiger partial charge in [-0.25, -0.2) is 0 Å². The average Bonchev–Trinajstić information content (AvgIpc) is 3.45.